The van der Waals surface area contributed by atoms with Gasteiger partial charge in [-0.2, -0.15) is 0 Å². The molecule has 1 aromatic carbocycles. The summed E-state index contributed by atoms with van der Waals surface area (Å²) < 4.78 is 5.96. The largest absolute Gasteiger partial charge is 0.361 e. The van der Waals surface area contributed by atoms with Crippen LogP contribution in [0.2, 0.25) is 0 Å². The van der Waals surface area contributed by atoms with Crippen LogP contribution in [0, 0.1) is 20.8 Å². The highest BCUT2D eigenvalue weighted by Gasteiger charge is 2.20. The topological polar surface area (TPSA) is 55.1 Å². The summed E-state index contributed by atoms with van der Waals surface area (Å²) >= 11 is 3.46. The molecule has 0 fully saturated rings. The van der Waals surface area contributed by atoms with E-state index in [9.17, 15) is 4.79 Å². The van der Waals surface area contributed by atoms with Crippen LogP contribution in [0.4, 0.5) is 0 Å². The molecule has 2 aromatic rings. The van der Waals surface area contributed by atoms with Crippen molar-refractivity contribution < 1.29 is 9.32 Å². The second kappa shape index (κ2) is 5.79. The van der Waals surface area contributed by atoms with E-state index in [1.807, 2.05) is 39.8 Å². The van der Waals surface area contributed by atoms with E-state index in [1.54, 1.807) is 6.07 Å². The number of hydrogen-bond acceptors (Lipinski definition) is 3. The molecule has 1 amide bonds. The van der Waals surface area contributed by atoms with E-state index in [0.29, 0.717) is 5.56 Å². The third-order valence-electron chi connectivity index (χ3n) is 3.31. The van der Waals surface area contributed by atoms with Gasteiger partial charge in [-0.3, -0.25) is 4.79 Å². The van der Waals surface area contributed by atoms with Crippen LogP contribution in [-0.2, 0) is 0 Å². The first-order valence-corrected chi connectivity index (χ1v) is 7.20. The number of halogens is 1. The molecule has 1 unspecified atom stereocenters. The van der Waals surface area contributed by atoms with Crippen LogP contribution in [0.25, 0.3) is 0 Å². The molecule has 0 aliphatic heterocycles. The smallest absolute Gasteiger partial charge is 0.252 e. The fraction of sp³-hybridized carbons (Fsp3) is 0.333. The SMILES string of the molecule is Cc1cccc(C(=O)NC(C)c2c(C)noc2C)c1Br. The monoisotopic (exact) mass is 336 g/mol. The maximum atomic E-state index is 12.4. The van der Waals surface area contributed by atoms with Crippen molar-refractivity contribution in [2.45, 2.75) is 33.7 Å². The highest BCUT2D eigenvalue weighted by molar-refractivity contribution is 9.10. The average molecular weight is 337 g/mol. The Hall–Kier alpha value is -1.62. The Labute approximate surface area is 126 Å². The number of nitrogens with one attached hydrogen (secondary N) is 1. The third kappa shape index (κ3) is 2.77. The van der Waals surface area contributed by atoms with Gasteiger partial charge in [0.15, 0.2) is 0 Å². The summed E-state index contributed by atoms with van der Waals surface area (Å²) in [5, 5.41) is 6.89. The molecular weight excluding hydrogens is 320 g/mol. The number of aromatic nitrogens is 1. The van der Waals surface area contributed by atoms with Crippen molar-refractivity contribution in [3.63, 3.8) is 0 Å². The van der Waals surface area contributed by atoms with Gasteiger partial charge in [0.05, 0.1) is 17.3 Å². The Bertz CT molecular complexity index is 630. The molecule has 0 aliphatic carbocycles. The molecule has 20 heavy (non-hydrogen) atoms. The summed E-state index contributed by atoms with van der Waals surface area (Å²) in [7, 11) is 0. The van der Waals surface area contributed by atoms with E-state index in [1.165, 1.54) is 0 Å². The molecule has 0 radical (unpaired) electrons. The fourth-order valence-electron chi connectivity index (χ4n) is 2.28. The molecule has 1 heterocycles. The molecule has 1 aromatic heterocycles. The van der Waals surface area contributed by atoms with E-state index in [-0.39, 0.29) is 11.9 Å². The normalized spacial score (nSPS) is 12.2. The van der Waals surface area contributed by atoms with E-state index in [0.717, 1.165) is 27.1 Å². The zero-order chi connectivity index (χ0) is 14.9. The van der Waals surface area contributed by atoms with Gasteiger partial charge in [0.1, 0.15) is 5.76 Å². The quantitative estimate of drug-likeness (QED) is 0.925. The molecule has 0 spiro atoms. The van der Waals surface area contributed by atoms with Crippen molar-refractivity contribution in [2.75, 3.05) is 0 Å². The Morgan fingerprint density at radius 1 is 1.35 bits per heavy atom. The van der Waals surface area contributed by atoms with Crippen LogP contribution in [0.1, 0.15) is 45.9 Å². The standard InChI is InChI=1S/C15H17BrN2O2/c1-8-6-5-7-12(14(8)16)15(19)17-9(2)13-10(3)18-20-11(13)4/h5-7,9H,1-4H3,(H,17,19). The van der Waals surface area contributed by atoms with Crippen LogP contribution in [0.5, 0.6) is 0 Å². The highest BCUT2D eigenvalue weighted by atomic mass is 79.9. The van der Waals surface area contributed by atoms with Gasteiger partial charge in [-0.25, -0.2) is 0 Å². The third-order valence-corrected chi connectivity index (χ3v) is 4.36. The lowest BCUT2D eigenvalue weighted by Crippen LogP contribution is -2.27. The number of nitrogens with zero attached hydrogens (tertiary/aromatic N) is 1. The number of aryl methyl sites for hydroxylation is 3. The molecule has 0 saturated heterocycles. The maximum Gasteiger partial charge on any atom is 0.252 e. The number of rotatable bonds is 3. The van der Waals surface area contributed by atoms with E-state index in [4.69, 9.17) is 4.52 Å². The van der Waals surface area contributed by atoms with Crippen molar-refractivity contribution in [1.82, 2.24) is 10.5 Å². The summed E-state index contributed by atoms with van der Waals surface area (Å²) in [6.45, 7) is 7.60. The van der Waals surface area contributed by atoms with E-state index >= 15 is 0 Å². The Morgan fingerprint density at radius 2 is 2.05 bits per heavy atom. The number of benzene rings is 1. The molecule has 5 heteroatoms. The van der Waals surface area contributed by atoms with Gasteiger partial charge in [0.25, 0.3) is 5.91 Å². The van der Waals surface area contributed by atoms with Gasteiger partial charge in [-0.15, -0.1) is 0 Å². The summed E-state index contributed by atoms with van der Waals surface area (Å²) in [6, 6.07) is 5.47. The van der Waals surface area contributed by atoms with Crippen LogP contribution < -0.4 is 5.32 Å². The van der Waals surface area contributed by atoms with Gasteiger partial charge in [-0.05, 0) is 55.3 Å². The summed E-state index contributed by atoms with van der Waals surface area (Å²) in [6.07, 6.45) is 0. The lowest BCUT2D eigenvalue weighted by Gasteiger charge is -2.15. The fourth-order valence-corrected chi connectivity index (χ4v) is 2.72. The van der Waals surface area contributed by atoms with E-state index in [2.05, 4.69) is 26.4 Å². The molecule has 4 nitrogen and oxygen atoms in total. The number of amides is 1. The molecule has 0 saturated carbocycles. The van der Waals surface area contributed by atoms with Crippen LogP contribution in [0.15, 0.2) is 27.2 Å². The number of carbonyl (C=O) groups excluding carboxylic acids is 1. The summed E-state index contributed by atoms with van der Waals surface area (Å²) in [5.41, 5.74) is 3.40. The van der Waals surface area contributed by atoms with Crippen molar-refractivity contribution in [3.8, 4) is 0 Å². The van der Waals surface area contributed by atoms with Crippen LogP contribution in [-0.4, -0.2) is 11.1 Å². The predicted molar refractivity (Wildman–Crippen MR) is 80.7 cm³/mol. The van der Waals surface area contributed by atoms with Gasteiger partial charge in [0.2, 0.25) is 0 Å². The van der Waals surface area contributed by atoms with Gasteiger partial charge >= 0.3 is 0 Å². The molecule has 0 bridgehead atoms. The number of carbonyl (C=O) groups is 1. The molecule has 1 N–H and O–H groups in total. The van der Waals surface area contributed by atoms with Crippen LogP contribution >= 0.6 is 15.9 Å². The Balaban J connectivity index is 2.22. The lowest BCUT2D eigenvalue weighted by atomic mass is 10.1. The second-order valence-electron chi connectivity index (χ2n) is 4.87. The van der Waals surface area contributed by atoms with Crippen molar-refractivity contribution in [1.29, 1.82) is 0 Å². The first kappa shape index (κ1) is 14.8. The molecular formula is C15H17BrN2O2. The number of hydrogen-bond donors (Lipinski definition) is 1. The second-order valence-corrected chi connectivity index (χ2v) is 5.66. The van der Waals surface area contributed by atoms with Crippen molar-refractivity contribution in [2.24, 2.45) is 0 Å². The molecule has 0 aliphatic rings. The maximum absolute atomic E-state index is 12.4. The summed E-state index contributed by atoms with van der Waals surface area (Å²) in [4.78, 5) is 12.4. The van der Waals surface area contributed by atoms with Gasteiger partial charge < -0.3 is 9.84 Å². The predicted octanol–water partition coefficient (Wildman–Crippen LogP) is 3.85. The molecule has 2 rings (SSSR count). The average Bonchev–Trinajstić information content (AvgIpc) is 2.72. The first-order chi connectivity index (χ1) is 9.41. The minimum absolute atomic E-state index is 0.118. The van der Waals surface area contributed by atoms with Crippen LogP contribution in [0.3, 0.4) is 0 Å². The zero-order valence-corrected chi connectivity index (χ0v) is 13.5. The van der Waals surface area contributed by atoms with Gasteiger partial charge in [0, 0.05) is 10.0 Å². The van der Waals surface area contributed by atoms with Crippen molar-refractivity contribution >= 4 is 21.8 Å². The van der Waals surface area contributed by atoms with E-state index < -0.39 is 0 Å². The zero-order valence-electron chi connectivity index (χ0n) is 12.0. The minimum atomic E-state index is -0.152. The summed E-state index contributed by atoms with van der Waals surface area (Å²) in [5.74, 6) is 0.617. The molecule has 106 valence electrons. The Morgan fingerprint density at radius 3 is 2.65 bits per heavy atom. The first-order valence-electron chi connectivity index (χ1n) is 6.40. The lowest BCUT2D eigenvalue weighted by molar-refractivity contribution is 0.0939. The molecule has 1 atom stereocenters. The van der Waals surface area contributed by atoms with Gasteiger partial charge in [-0.1, -0.05) is 17.3 Å². The van der Waals surface area contributed by atoms with Crippen molar-refractivity contribution in [3.05, 3.63) is 50.8 Å². The highest BCUT2D eigenvalue weighted by Crippen LogP contribution is 2.24. The minimum Gasteiger partial charge on any atom is -0.361 e. The Kier molecular flexibility index (Phi) is 4.28.